The summed E-state index contributed by atoms with van der Waals surface area (Å²) in [6.07, 6.45) is 40.1. The third-order valence-corrected chi connectivity index (χ3v) is 42.9. The second-order valence-electron chi connectivity index (χ2n) is 42.6. The van der Waals surface area contributed by atoms with E-state index in [2.05, 4.69) is 55.4 Å². The van der Waals surface area contributed by atoms with E-state index in [1.165, 1.54) is 69.3 Å². The molecule has 4 saturated heterocycles. The van der Waals surface area contributed by atoms with Gasteiger partial charge in [0, 0.05) is 122 Å². The summed E-state index contributed by atoms with van der Waals surface area (Å²) in [5.74, 6) is 6.69. The van der Waals surface area contributed by atoms with Gasteiger partial charge in [-0.3, -0.25) is 57.5 Å². The second-order valence-corrected chi connectivity index (χ2v) is 48.3. The van der Waals surface area contributed by atoms with Gasteiger partial charge in [-0.25, -0.2) is 0 Å². The summed E-state index contributed by atoms with van der Waals surface area (Å²) in [4.78, 5) is 146. The van der Waals surface area contributed by atoms with Crippen LogP contribution in [0.25, 0.3) is 0 Å². The molecule has 0 bridgehead atoms. The third-order valence-electron chi connectivity index (χ3n) is 38.4. The molecule has 0 amide bonds. The predicted molar refractivity (Wildman–Crippen MR) is 449 cm³/mol. The van der Waals surface area contributed by atoms with Gasteiger partial charge in [0.1, 0.15) is 22.4 Å². The molecule has 20 rings (SSSR count). The quantitative estimate of drug-likeness (QED) is 0.188. The molecule has 0 unspecified atom stereocenters. The van der Waals surface area contributed by atoms with E-state index in [9.17, 15) is 57.5 Å². The number of hydrogen-bond acceptors (Lipinski definition) is 20. The summed E-state index contributed by atoms with van der Waals surface area (Å²) >= 11 is 5.99. The minimum atomic E-state index is -0.287. The molecule has 12 saturated carbocycles. The van der Waals surface area contributed by atoms with Crippen LogP contribution in [0.3, 0.4) is 0 Å². The second kappa shape index (κ2) is 29.7. The number of hydrogen-bond donors (Lipinski definition) is 0. The van der Waals surface area contributed by atoms with Gasteiger partial charge in [0.2, 0.25) is 0 Å². The fourth-order valence-electron chi connectivity index (χ4n) is 32.5. The largest absolute Gasteiger partial charge is 0.458 e. The minimum absolute atomic E-state index is 0.0119. The van der Waals surface area contributed by atoms with E-state index >= 15 is 0 Å². The van der Waals surface area contributed by atoms with Crippen LogP contribution in [-0.4, -0.2) is 111 Å². The number of carbonyl (C=O) groups is 12. The maximum absolute atomic E-state index is 12.2. The Balaban J connectivity index is 0.000000111. The molecule has 16 aliphatic carbocycles. The van der Waals surface area contributed by atoms with Crippen molar-refractivity contribution in [2.24, 2.45) is 114 Å². The van der Waals surface area contributed by atoms with Crippen molar-refractivity contribution in [2.75, 3.05) is 0 Å². The Morgan fingerprint density at radius 2 is 0.457 bits per heavy atom. The van der Waals surface area contributed by atoms with Crippen LogP contribution in [0.5, 0.6) is 0 Å². The van der Waals surface area contributed by atoms with E-state index in [-0.39, 0.29) is 154 Å². The topological polar surface area (TPSA) is 242 Å². The molecule has 0 aromatic heterocycles. The molecule has 0 aromatic carbocycles. The zero-order valence-electron chi connectivity index (χ0n) is 71.2. The van der Waals surface area contributed by atoms with Crippen LogP contribution in [0.15, 0.2) is 46.6 Å². The Kier molecular flexibility index (Phi) is 21.4. The van der Waals surface area contributed by atoms with Crippen molar-refractivity contribution in [3.05, 3.63) is 46.6 Å². The van der Waals surface area contributed by atoms with Gasteiger partial charge in [-0.15, -0.1) is 0 Å². The number of ether oxygens (including phenoxy) is 4. The maximum Gasteiger partial charge on any atom is 0.306 e. The molecule has 20 aliphatic rings. The van der Waals surface area contributed by atoms with Crippen LogP contribution in [0.1, 0.15) is 314 Å². The normalized spacial score (nSPS) is 48.6. The SMILES string of the molecule is CC(=O)S[C@@H]1CC2=CC(=O)CC[C@]2(C)[C@H]2CC[C@@]3(C)[C@@H](CC[C@@]34CCC(=O)O4)[C@H]12.CC(=O)S[C@@H]1CC2=CC(=O)CC[C@]2(C)[C@H]2CC[C@@]3(C)[C@@H](CC[C@@]34CCC(=O)O4)[C@H]12.CC(=O)S[C@@H]1CC2=CC(=O)CC[C@]2(C)[C@H]2CC[C@@]3(C)[C@@H](CC[C@@]34CCC(=O)O4)[C@H]12.CC(=O)S[C@@H]1CC2=CC(=O)CC[C@]2(C)[C@H]2CC[C@@]3(C)[C@@H](CC[C@@]34CCC(=O)O4)[C@H]12. The zero-order chi connectivity index (χ0) is 82.4. The van der Waals surface area contributed by atoms with Gasteiger partial charge in [0.05, 0.1) is 0 Å². The molecule has 20 heteroatoms. The first kappa shape index (κ1) is 83.8. The van der Waals surface area contributed by atoms with Gasteiger partial charge in [-0.1, -0.05) is 125 Å². The van der Waals surface area contributed by atoms with Gasteiger partial charge < -0.3 is 18.9 Å². The number of thioether (sulfide) groups is 4. The molecule has 4 spiro atoms. The Hall–Kier alpha value is -4.40. The Labute approximate surface area is 704 Å². The van der Waals surface area contributed by atoms with E-state index in [1.54, 1.807) is 27.7 Å². The summed E-state index contributed by atoms with van der Waals surface area (Å²) in [6.45, 7) is 25.7. The van der Waals surface area contributed by atoms with Crippen molar-refractivity contribution >= 4 is 115 Å². The summed E-state index contributed by atoms with van der Waals surface area (Å²) in [6, 6.07) is 0. The Morgan fingerprint density at radius 1 is 0.267 bits per heavy atom. The van der Waals surface area contributed by atoms with Crippen LogP contribution < -0.4 is 0 Å². The number of rotatable bonds is 4. The number of esters is 4. The molecule has 16 nitrogen and oxygen atoms in total. The van der Waals surface area contributed by atoms with Crippen LogP contribution in [0.2, 0.25) is 0 Å². The molecule has 4 aliphatic heterocycles. The molecule has 0 N–H and O–H groups in total. The standard InChI is InChI=1S/4C24H32O4S/c4*1-14(25)29-19-13-15-12-16(26)4-8-22(15,2)17-5-9-23(3)18(21(17)19)6-10-24(23)11-7-20(27)28-24/h4*12,17-19,21H,4-11,13H2,1-3H3/t4*17-,18-,19+,21+,22-,23-,24+/m0000/s1. The van der Waals surface area contributed by atoms with Crippen LogP contribution in [0.4, 0.5) is 0 Å². The van der Waals surface area contributed by atoms with Gasteiger partial charge in [-0.05, 0) is 297 Å². The highest BCUT2D eigenvalue weighted by Gasteiger charge is 2.74. The maximum atomic E-state index is 12.2. The first-order valence-corrected chi connectivity index (χ1v) is 48.8. The average molecular weight is 1670 g/mol. The highest BCUT2D eigenvalue weighted by Crippen LogP contribution is 2.77. The molecule has 4 heterocycles. The number of carbonyl (C=O) groups excluding carboxylic acids is 12. The van der Waals surface area contributed by atoms with Crippen molar-refractivity contribution in [2.45, 2.75) is 358 Å². The van der Waals surface area contributed by atoms with Crippen molar-refractivity contribution in [1.82, 2.24) is 0 Å². The molecule has 0 aromatic rings. The lowest BCUT2D eigenvalue weighted by Crippen LogP contribution is -2.57. The fraction of sp³-hybridized carbons (Fsp3) is 0.792. The molecule has 632 valence electrons. The van der Waals surface area contributed by atoms with E-state index in [1.807, 2.05) is 24.3 Å². The smallest absolute Gasteiger partial charge is 0.306 e. The predicted octanol–water partition coefficient (Wildman–Crippen LogP) is 19.4. The summed E-state index contributed by atoms with van der Waals surface area (Å²) in [7, 11) is 0. The molecule has 28 atom stereocenters. The average Bonchev–Trinajstić information content (AvgIpc) is 1.54. The molecule has 0 radical (unpaired) electrons. The minimum Gasteiger partial charge on any atom is -0.458 e. The lowest BCUT2D eigenvalue weighted by atomic mass is 9.46. The number of ketones is 4. The van der Waals surface area contributed by atoms with E-state index < -0.39 is 0 Å². The number of allylic oxidation sites excluding steroid dienone is 4. The van der Waals surface area contributed by atoms with Gasteiger partial charge in [-0.2, -0.15) is 0 Å². The summed E-state index contributed by atoms with van der Waals surface area (Å²) in [5, 5.41) is 1.64. The first-order valence-electron chi connectivity index (χ1n) is 45.3. The van der Waals surface area contributed by atoms with E-state index in [4.69, 9.17) is 18.9 Å². The Morgan fingerprint density at radius 3 is 0.629 bits per heavy atom. The first-order chi connectivity index (χ1) is 54.7. The van der Waals surface area contributed by atoms with Crippen molar-refractivity contribution in [1.29, 1.82) is 0 Å². The van der Waals surface area contributed by atoms with Crippen LogP contribution in [-0.2, 0) is 76.5 Å². The lowest BCUT2D eigenvalue weighted by molar-refractivity contribution is -0.168. The fourth-order valence-corrected chi connectivity index (χ4v) is 37.4. The highest BCUT2D eigenvalue weighted by molar-refractivity contribution is 8.14. The lowest BCUT2D eigenvalue weighted by Gasteiger charge is -2.61. The molecular weight excluding hydrogens is 1540 g/mol. The third kappa shape index (κ3) is 13.0. The molecule has 16 fully saturated rings. The molecule has 116 heavy (non-hydrogen) atoms. The monoisotopic (exact) mass is 1660 g/mol. The van der Waals surface area contributed by atoms with Gasteiger partial charge in [0.15, 0.2) is 43.6 Å². The number of fused-ring (bicyclic) bond motifs is 24. The Bertz CT molecular complexity index is 3810. The zero-order valence-corrected chi connectivity index (χ0v) is 74.4. The van der Waals surface area contributed by atoms with Gasteiger partial charge in [0.25, 0.3) is 0 Å². The summed E-state index contributed by atoms with van der Waals surface area (Å²) < 4.78 is 24.2. The van der Waals surface area contributed by atoms with Crippen molar-refractivity contribution < 1.29 is 76.5 Å². The van der Waals surface area contributed by atoms with Crippen molar-refractivity contribution in [3.8, 4) is 0 Å². The van der Waals surface area contributed by atoms with Gasteiger partial charge >= 0.3 is 23.9 Å². The van der Waals surface area contributed by atoms with E-state index in [0.29, 0.717) is 122 Å². The summed E-state index contributed by atoms with van der Waals surface area (Å²) in [5.41, 5.74) is 4.37. The highest BCUT2D eigenvalue weighted by atomic mass is 32.2. The van der Waals surface area contributed by atoms with Crippen LogP contribution in [0, 0.1) is 114 Å². The van der Waals surface area contributed by atoms with Crippen LogP contribution >= 0.6 is 47.0 Å². The van der Waals surface area contributed by atoms with Crippen molar-refractivity contribution in [3.63, 3.8) is 0 Å². The van der Waals surface area contributed by atoms with E-state index in [0.717, 1.165) is 180 Å². The molecular formula is C96H128O16S4.